The van der Waals surface area contributed by atoms with Gasteiger partial charge in [-0.25, -0.2) is 0 Å². The van der Waals surface area contributed by atoms with Gasteiger partial charge in [0.15, 0.2) is 0 Å². The minimum Gasteiger partial charge on any atom is -0.370 e. The number of benzene rings is 2. The Morgan fingerprint density at radius 3 is 2.58 bits per heavy atom. The molecule has 3 nitrogen and oxygen atoms in total. The van der Waals surface area contributed by atoms with Gasteiger partial charge >= 0.3 is 0 Å². The van der Waals surface area contributed by atoms with E-state index >= 15 is 0 Å². The van der Waals surface area contributed by atoms with Crippen molar-refractivity contribution in [3.05, 3.63) is 63.6 Å². The number of halogens is 2. The van der Waals surface area contributed by atoms with Crippen molar-refractivity contribution in [1.82, 2.24) is 0 Å². The average Bonchev–Trinajstić information content (AvgIpc) is 2.35. The molecule has 0 saturated carbocycles. The Labute approximate surface area is 124 Å². The lowest BCUT2D eigenvalue weighted by atomic mass is 10.1. The largest absolute Gasteiger partial charge is 0.370 e. The van der Waals surface area contributed by atoms with Gasteiger partial charge in [-0.2, -0.15) is 0 Å². The number of amides is 1. The standard InChI is InChI=1S/C14H12BrClN2O/c15-10-4-1-3-9(7-10)13(14(17)19)18-12-6-2-5-11(16)8-12/h1-8,13,18H,(H2,17,19). The lowest BCUT2D eigenvalue weighted by Gasteiger charge is -2.17. The van der Waals surface area contributed by atoms with Crippen LogP contribution >= 0.6 is 27.5 Å². The molecule has 19 heavy (non-hydrogen) atoms. The fourth-order valence-electron chi connectivity index (χ4n) is 1.75. The van der Waals surface area contributed by atoms with Gasteiger partial charge in [-0.05, 0) is 35.9 Å². The van der Waals surface area contributed by atoms with Crippen molar-refractivity contribution in [2.75, 3.05) is 5.32 Å². The van der Waals surface area contributed by atoms with Crippen molar-refractivity contribution in [3.8, 4) is 0 Å². The summed E-state index contributed by atoms with van der Waals surface area (Å²) < 4.78 is 0.893. The van der Waals surface area contributed by atoms with Crippen LogP contribution in [0.15, 0.2) is 53.0 Å². The molecule has 98 valence electrons. The summed E-state index contributed by atoms with van der Waals surface area (Å²) in [4.78, 5) is 11.6. The Bertz CT molecular complexity index is 604. The summed E-state index contributed by atoms with van der Waals surface area (Å²) in [7, 11) is 0. The van der Waals surface area contributed by atoms with E-state index in [4.69, 9.17) is 17.3 Å². The number of anilines is 1. The van der Waals surface area contributed by atoms with E-state index in [1.807, 2.05) is 36.4 Å². The van der Waals surface area contributed by atoms with Crippen molar-refractivity contribution in [3.63, 3.8) is 0 Å². The van der Waals surface area contributed by atoms with Crippen LogP contribution in [0.5, 0.6) is 0 Å². The zero-order valence-electron chi connectivity index (χ0n) is 9.94. The van der Waals surface area contributed by atoms with Crippen LogP contribution in [0.25, 0.3) is 0 Å². The quantitative estimate of drug-likeness (QED) is 0.891. The molecule has 0 radical (unpaired) electrons. The van der Waals surface area contributed by atoms with Crippen molar-refractivity contribution < 1.29 is 4.79 Å². The maximum atomic E-state index is 11.6. The summed E-state index contributed by atoms with van der Waals surface area (Å²) in [6.45, 7) is 0. The third kappa shape index (κ3) is 3.72. The molecule has 1 amide bonds. The number of carbonyl (C=O) groups excluding carboxylic acids is 1. The summed E-state index contributed by atoms with van der Waals surface area (Å²) in [5, 5.41) is 3.68. The molecule has 0 aromatic heterocycles. The molecule has 2 aromatic carbocycles. The van der Waals surface area contributed by atoms with Crippen molar-refractivity contribution in [2.24, 2.45) is 5.73 Å². The van der Waals surface area contributed by atoms with Gasteiger partial charge in [0, 0.05) is 15.2 Å². The van der Waals surface area contributed by atoms with Gasteiger partial charge in [0.25, 0.3) is 0 Å². The Balaban J connectivity index is 2.29. The molecule has 2 aromatic rings. The van der Waals surface area contributed by atoms with E-state index in [9.17, 15) is 4.79 Å². The first kappa shape index (κ1) is 13.9. The van der Waals surface area contributed by atoms with Gasteiger partial charge in [0.05, 0.1) is 0 Å². The zero-order valence-corrected chi connectivity index (χ0v) is 12.3. The number of nitrogens with one attached hydrogen (secondary N) is 1. The highest BCUT2D eigenvalue weighted by Gasteiger charge is 2.17. The van der Waals surface area contributed by atoms with Crippen LogP contribution in [-0.2, 0) is 4.79 Å². The monoisotopic (exact) mass is 338 g/mol. The van der Waals surface area contributed by atoms with Gasteiger partial charge < -0.3 is 11.1 Å². The van der Waals surface area contributed by atoms with Gasteiger partial charge in [-0.1, -0.05) is 45.7 Å². The molecule has 0 saturated heterocycles. The number of hydrogen-bond acceptors (Lipinski definition) is 2. The molecule has 5 heteroatoms. The van der Waals surface area contributed by atoms with Crippen molar-refractivity contribution in [2.45, 2.75) is 6.04 Å². The highest BCUT2D eigenvalue weighted by atomic mass is 79.9. The van der Waals surface area contributed by atoms with E-state index in [1.54, 1.807) is 12.1 Å². The Kier molecular flexibility index (Phi) is 4.45. The molecule has 0 bridgehead atoms. The molecule has 0 heterocycles. The Morgan fingerprint density at radius 1 is 1.21 bits per heavy atom. The Morgan fingerprint density at radius 2 is 1.95 bits per heavy atom. The Hall–Kier alpha value is -1.52. The molecule has 0 aliphatic carbocycles. The van der Waals surface area contributed by atoms with Crippen LogP contribution < -0.4 is 11.1 Å². The summed E-state index contributed by atoms with van der Waals surface area (Å²) in [6, 6.07) is 14.0. The second kappa shape index (κ2) is 6.08. The molecule has 0 fully saturated rings. The smallest absolute Gasteiger partial charge is 0.244 e. The van der Waals surface area contributed by atoms with E-state index in [0.717, 1.165) is 15.7 Å². The van der Waals surface area contributed by atoms with Crippen molar-refractivity contribution in [1.29, 1.82) is 0 Å². The molecule has 3 N–H and O–H groups in total. The lowest BCUT2D eigenvalue weighted by Crippen LogP contribution is -2.27. The minimum absolute atomic E-state index is 0.446. The molecule has 0 spiro atoms. The molecule has 0 aliphatic rings. The number of primary amides is 1. The first-order valence-corrected chi connectivity index (χ1v) is 6.80. The molecule has 1 unspecified atom stereocenters. The predicted molar refractivity (Wildman–Crippen MR) is 81.2 cm³/mol. The van der Waals surface area contributed by atoms with Gasteiger partial charge in [0.1, 0.15) is 6.04 Å². The van der Waals surface area contributed by atoms with Crippen LogP contribution in [0, 0.1) is 0 Å². The summed E-state index contributed by atoms with van der Waals surface area (Å²) >= 11 is 9.29. The molecule has 1 atom stereocenters. The summed E-state index contributed by atoms with van der Waals surface area (Å²) in [5.41, 5.74) is 6.99. The van der Waals surface area contributed by atoms with E-state index in [0.29, 0.717) is 5.02 Å². The number of nitrogens with two attached hydrogens (primary N) is 1. The first-order valence-electron chi connectivity index (χ1n) is 5.63. The third-order valence-corrected chi connectivity index (χ3v) is 3.33. The molecular weight excluding hydrogens is 328 g/mol. The predicted octanol–water partition coefficient (Wildman–Crippen LogP) is 3.74. The summed E-state index contributed by atoms with van der Waals surface area (Å²) in [5.74, 6) is -0.446. The molecule has 2 rings (SSSR count). The van der Waals surface area contributed by atoms with E-state index in [-0.39, 0.29) is 0 Å². The second-order valence-electron chi connectivity index (χ2n) is 4.05. The topological polar surface area (TPSA) is 55.1 Å². The fraction of sp³-hybridized carbons (Fsp3) is 0.0714. The van der Waals surface area contributed by atoms with Crippen LogP contribution in [0.1, 0.15) is 11.6 Å². The van der Waals surface area contributed by atoms with Gasteiger partial charge in [-0.15, -0.1) is 0 Å². The fourth-order valence-corrected chi connectivity index (χ4v) is 2.36. The highest BCUT2D eigenvalue weighted by Crippen LogP contribution is 2.23. The third-order valence-electron chi connectivity index (χ3n) is 2.60. The minimum atomic E-state index is -0.601. The van der Waals surface area contributed by atoms with Crippen LogP contribution in [0.4, 0.5) is 5.69 Å². The number of rotatable bonds is 4. The second-order valence-corrected chi connectivity index (χ2v) is 5.40. The van der Waals surface area contributed by atoms with Crippen LogP contribution in [-0.4, -0.2) is 5.91 Å². The zero-order chi connectivity index (χ0) is 13.8. The highest BCUT2D eigenvalue weighted by molar-refractivity contribution is 9.10. The lowest BCUT2D eigenvalue weighted by molar-refractivity contribution is -0.118. The van der Waals surface area contributed by atoms with Crippen molar-refractivity contribution >= 4 is 39.1 Å². The molecule has 0 aliphatic heterocycles. The molecular formula is C14H12BrClN2O. The normalized spacial score (nSPS) is 11.9. The number of carbonyl (C=O) groups is 1. The maximum absolute atomic E-state index is 11.6. The maximum Gasteiger partial charge on any atom is 0.244 e. The number of hydrogen-bond donors (Lipinski definition) is 2. The SMILES string of the molecule is NC(=O)C(Nc1cccc(Cl)c1)c1cccc(Br)c1. The van der Waals surface area contributed by atoms with E-state index < -0.39 is 11.9 Å². The van der Waals surface area contributed by atoms with Gasteiger partial charge in [-0.3, -0.25) is 4.79 Å². The van der Waals surface area contributed by atoms with Crippen LogP contribution in [0.3, 0.4) is 0 Å². The van der Waals surface area contributed by atoms with E-state index in [2.05, 4.69) is 21.2 Å². The average molecular weight is 340 g/mol. The first-order chi connectivity index (χ1) is 9.06. The van der Waals surface area contributed by atoms with Gasteiger partial charge in [0.2, 0.25) is 5.91 Å². The summed E-state index contributed by atoms with van der Waals surface area (Å²) in [6.07, 6.45) is 0. The van der Waals surface area contributed by atoms with E-state index in [1.165, 1.54) is 0 Å². The van der Waals surface area contributed by atoms with Crippen LogP contribution in [0.2, 0.25) is 5.02 Å².